The van der Waals surface area contributed by atoms with E-state index in [4.69, 9.17) is 0 Å². The Kier molecular flexibility index (Phi) is 7.77. The smallest absolute Gasteiger partial charge is 0.211 e. The van der Waals surface area contributed by atoms with Crippen LogP contribution in [-0.4, -0.2) is 15.0 Å². The normalized spacial score (nSPS) is 13.3. The predicted molar refractivity (Wildman–Crippen MR) is 87.6 cm³/mol. The van der Waals surface area contributed by atoms with Crippen molar-refractivity contribution in [1.82, 2.24) is 4.72 Å². The van der Waals surface area contributed by atoms with Crippen LogP contribution in [0.15, 0.2) is 29.2 Å². The van der Waals surface area contributed by atoms with Gasteiger partial charge in [-0.3, -0.25) is 0 Å². The first kappa shape index (κ1) is 17.7. The van der Waals surface area contributed by atoms with Gasteiger partial charge in [0.25, 0.3) is 0 Å². The van der Waals surface area contributed by atoms with Crippen molar-refractivity contribution in [2.24, 2.45) is 5.92 Å². The molecular weight excluding hydrogens is 338 g/mol. The van der Waals surface area contributed by atoms with E-state index < -0.39 is 10.0 Å². The Bertz CT molecular complexity index is 485. The summed E-state index contributed by atoms with van der Waals surface area (Å²) in [7, 11) is -3.38. The minimum Gasteiger partial charge on any atom is -0.211 e. The van der Waals surface area contributed by atoms with Gasteiger partial charge >= 0.3 is 0 Å². The van der Waals surface area contributed by atoms with Crippen molar-refractivity contribution < 1.29 is 8.42 Å². The van der Waals surface area contributed by atoms with Crippen LogP contribution >= 0.6 is 15.9 Å². The quantitative estimate of drug-likeness (QED) is 0.673. The summed E-state index contributed by atoms with van der Waals surface area (Å²) < 4.78 is 27.1. The van der Waals surface area contributed by atoms with E-state index in [2.05, 4.69) is 34.5 Å². The Balaban J connectivity index is 2.63. The summed E-state index contributed by atoms with van der Waals surface area (Å²) in [5.41, 5.74) is 1.07. The van der Waals surface area contributed by atoms with E-state index in [0.29, 0.717) is 17.4 Å². The third-order valence-electron chi connectivity index (χ3n) is 3.49. The summed E-state index contributed by atoms with van der Waals surface area (Å²) in [6, 6.07) is 6.98. The molecule has 3 nitrogen and oxygen atoms in total. The van der Waals surface area contributed by atoms with Crippen LogP contribution < -0.4 is 4.72 Å². The van der Waals surface area contributed by atoms with Gasteiger partial charge in [-0.15, -0.1) is 0 Å². The van der Waals surface area contributed by atoms with Crippen LogP contribution in [0.4, 0.5) is 0 Å². The van der Waals surface area contributed by atoms with Crippen LogP contribution in [0.2, 0.25) is 0 Å². The van der Waals surface area contributed by atoms with Gasteiger partial charge in [-0.25, -0.2) is 13.1 Å². The molecule has 0 radical (unpaired) electrons. The molecule has 20 heavy (non-hydrogen) atoms. The van der Waals surface area contributed by atoms with Gasteiger partial charge in [0, 0.05) is 11.9 Å². The van der Waals surface area contributed by atoms with Crippen molar-refractivity contribution >= 4 is 26.0 Å². The summed E-state index contributed by atoms with van der Waals surface area (Å²) in [6.07, 6.45) is 4.39. The van der Waals surface area contributed by atoms with E-state index in [-0.39, 0.29) is 0 Å². The largest absolute Gasteiger partial charge is 0.240 e. The van der Waals surface area contributed by atoms with E-state index in [1.165, 1.54) is 0 Å². The second-order valence-electron chi connectivity index (χ2n) is 5.05. The minimum absolute atomic E-state index is 0.340. The van der Waals surface area contributed by atoms with Crippen LogP contribution in [0, 0.1) is 5.92 Å². The average Bonchev–Trinajstić information content (AvgIpc) is 2.47. The fraction of sp³-hybridized carbons (Fsp3) is 0.600. The van der Waals surface area contributed by atoms with Gasteiger partial charge in [0.1, 0.15) is 0 Å². The van der Waals surface area contributed by atoms with E-state index in [1.807, 2.05) is 12.1 Å². The highest BCUT2D eigenvalue weighted by molar-refractivity contribution is 9.08. The fourth-order valence-corrected chi connectivity index (χ4v) is 3.50. The Labute approximate surface area is 131 Å². The number of rotatable bonds is 9. The topological polar surface area (TPSA) is 46.2 Å². The summed E-state index contributed by atoms with van der Waals surface area (Å²) in [6.45, 7) is 4.79. The van der Waals surface area contributed by atoms with Crippen LogP contribution in [-0.2, 0) is 15.4 Å². The molecule has 0 amide bonds. The Morgan fingerprint density at radius 2 is 1.85 bits per heavy atom. The highest BCUT2D eigenvalue weighted by atomic mass is 79.9. The zero-order chi connectivity index (χ0) is 15.0. The Morgan fingerprint density at radius 1 is 1.20 bits per heavy atom. The number of halogens is 1. The van der Waals surface area contributed by atoms with E-state index in [1.54, 1.807) is 12.1 Å². The molecule has 1 aromatic rings. The summed E-state index contributed by atoms with van der Waals surface area (Å²) in [5.74, 6) is 0.423. The predicted octanol–water partition coefficient (Wildman–Crippen LogP) is 4.08. The maximum atomic E-state index is 12.2. The zero-order valence-electron chi connectivity index (χ0n) is 12.2. The van der Waals surface area contributed by atoms with E-state index in [0.717, 1.165) is 36.6 Å². The lowest BCUT2D eigenvalue weighted by atomic mass is 10.00. The highest BCUT2D eigenvalue weighted by Crippen LogP contribution is 2.15. The number of nitrogens with one attached hydrogen (secondary N) is 1. The Hall–Kier alpha value is -0.390. The van der Waals surface area contributed by atoms with Crippen molar-refractivity contribution in [2.75, 3.05) is 6.54 Å². The molecule has 0 fully saturated rings. The van der Waals surface area contributed by atoms with Crippen LogP contribution in [0.3, 0.4) is 0 Å². The van der Waals surface area contributed by atoms with Crippen LogP contribution in [0.25, 0.3) is 0 Å². The van der Waals surface area contributed by atoms with Gasteiger partial charge in [-0.2, -0.15) is 0 Å². The van der Waals surface area contributed by atoms with Gasteiger partial charge in [-0.1, -0.05) is 61.2 Å². The molecular formula is C15H24BrNO2S. The molecule has 0 aliphatic carbocycles. The van der Waals surface area contributed by atoms with Crippen molar-refractivity contribution in [3.05, 3.63) is 29.8 Å². The summed E-state index contributed by atoms with van der Waals surface area (Å²) >= 11 is 3.35. The SMILES string of the molecule is CCCCC(CC)CNS(=O)(=O)c1ccc(CBr)cc1. The van der Waals surface area contributed by atoms with Crippen molar-refractivity contribution in [1.29, 1.82) is 0 Å². The third-order valence-corrected chi connectivity index (χ3v) is 5.58. The molecule has 0 aliphatic heterocycles. The maximum Gasteiger partial charge on any atom is 0.240 e. The molecule has 0 saturated carbocycles. The van der Waals surface area contributed by atoms with Crippen LogP contribution in [0.5, 0.6) is 0 Å². The molecule has 0 heterocycles. The van der Waals surface area contributed by atoms with Crippen molar-refractivity contribution in [3.63, 3.8) is 0 Å². The first-order valence-corrected chi connectivity index (χ1v) is 9.78. The number of benzene rings is 1. The fourth-order valence-electron chi connectivity index (χ4n) is 2.01. The monoisotopic (exact) mass is 361 g/mol. The van der Waals surface area contributed by atoms with Gasteiger partial charge in [0.15, 0.2) is 0 Å². The lowest BCUT2D eigenvalue weighted by Gasteiger charge is -2.15. The van der Waals surface area contributed by atoms with E-state index >= 15 is 0 Å². The van der Waals surface area contributed by atoms with Gasteiger partial charge in [0.2, 0.25) is 10.0 Å². The number of hydrogen-bond donors (Lipinski definition) is 1. The van der Waals surface area contributed by atoms with E-state index in [9.17, 15) is 8.42 Å². The molecule has 1 unspecified atom stereocenters. The first-order chi connectivity index (χ1) is 9.53. The standard InChI is InChI=1S/C15H24BrNO2S/c1-3-5-6-13(4-2)12-17-20(18,19)15-9-7-14(11-16)8-10-15/h7-10,13,17H,3-6,11-12H2,1-2H3. The second kappa shape index (κ2) is 8.80. The molecule has 1 N–H and O–H groups in total. The molecule has 0 bridgehead atoms. The van der Waals surface area contributed by atoms with Gasteiger partial charge in [0.05, 0.1) is 4.90 Å². The van der Waals surface area contributed by atoms with Gasteiger partial charge < -0.3 is 0 Å². The number of sulfonamides is 1. The third kappa shape index (κ3) is 5.54. The van der Waals surface area contributed by atoms with Crippen molar-refractivity contribution in [3.8, 4) is 0 Å². The number of unbranched alkanes of at least 4 members (excludes halogenated alkanes) is 1. The maximum absolute atomic E-state index is 12.2. The van der Waals surface area contributed by atoms with Crippen LogP contribution in [0.1, 0.15) is 45.1 Å². The number of hydrogen-bond acceptors (Lipinski definition) is 2. The molecule has 114 valence electrons. The molecule has 1 atom stereocenters. The first-order valence-electron chi connectivity index (χ1n) is 7.18. The molecule has 1 aromatic carbocycles. The molecule has 0 saturated heterocycles. The summed E-state index contributed by atoms with van der Waals surface area (Å²) in [5, 5.41) is 0.732. The highest BCUT2D eigenvalue weighted by Gasteiger charge is 2.15. The minimum atomic E-state index is -3.38. The molecule has 1 rings (SSSR count). The second-order valence-corrected chi connectivity index (χ2v) is 7.37. The Morgan fingerprint density at radius 3 is 2.35 bits per heavy atom. The summed E-state index contributed by atoms with van der Waals surface area (Å²) in [4.78, 5) is 0.340. The zero-order valence-corrected chi connectivity index (χ0v) is 14.6. The molecule has 5 heteroatoms. The van der Waals surface area contributed by atoms with Crippen molar-refractivity contribution in [2.45, 2.75) is 49.8 Å². The molecule has 0 aromatic heterocycles. The lowest BCUT2D eigenvalue weighted by molar-refractivity contribution is 0.444. The molecule has 0 spiro atoms. The van der Waals surface area contributed by atoms with Gasteiger partial charge in [-0.05, 0) is 30.0 Å². The average molecular weight is 362 g/mol. The molecule has 0 aliphatic rings. The number of alkyl halides is 1. The lowest BCUT2D eigenvalue weighted by Crippen LogP contribution is -2.29.